The Kier molecular flexibility index (Phi) is 6.01. The van der Waals surface area contributed by atoms with E-state index in [2.05, 4.69) is 20.2 Å². The van der Waals surface area contributed by atoms with Gasteiger partial charge in [-0.1, -0.05) is 18.2 Å². The average Bonchev–Trinajstić information content (AvgIpc) is 2.68. The number of para-hydroxylation sites is 1. The Morgan fingerprint density at radius 1 is 1.27 bits per heavy atom. The Bertz CT molecular complexity index is 718. The Hall–Kier alpha value is -2.67. The van der Waals surface area contributed by atoms with E-state index in [1.54, 1.807) is 18.5 Å². The quantitative estimate of drug-likeness (QED) is 0.811. The third-order valence-corrected chi connectivity index (χ3v) is 4.47. The first-order chi connectivity index (χ1) is 12.6. The number of amides is 1. The summed E-state index contributed by atoms with van der Waals surface area (Å²) in [5.41, 5.74) is 0.968. The summed E-state index contributed by atoms with van der Waals surface area (Å²) in [6, 6.07) is 9.34. The maximum absolute atomic E-state index is 12.2. The summed E-state index contributed by atoms with van der Waals surface area (Å²) < 4.78 is 5.55. The number of hydrogen-bond acceptors (Lipinski definition) is 6. The highest BCUT2D eigenvalue weighted by molar-refractivity contribution is 5.81. The Labute approximate surface area is 153 Å². The normalized spacial score (nSPS) is 16.2. The van der Waals surface area contributed by atoms with Gasteiger partial charge < -0.3 is 20.1 Å². The van der Waals surface area contributed by atoms with Crippen molar-refractivity contribution in [2.24, 2.45) is 0 Å². The van der Waals surface area contributed by atoms with E-state index in [4.69, 9.17) is 4.74 Å². The molecule has 2 heterocycles. The van der Waals surface area contributed by atoms with Gasteiger partial charge in [-0.25, -0.2) is 9.97 Å². The van der Waals surface area contributed by atoms with E-state index in [9.17, 15) is 9.90 Å². The summed E-state index contributed by atoms with van der Waals surface area (Å²) in [6.45, 7) is 3.40. The average molecular weight is 356 g/mol. The van der Waals surface area contributed by atoms with Gasteiger partial charge >= 0.3 is 0 Å². The number of aliphatic hydroxyl groups excluding tert-OH is 1. The molecule has 26 heavy (non-hydrogen) atoms. The van der Waals surface area contributed by atoms with E-state index in [-0.39, 0.29) is 12.6 Å². The molecule has 0 spiro atoms. The van der Waals surface area contributed by atoms with Crippen LogP contribution in [-0.4, -0.2) is 52.8 Å². The minimum absolute atomic E-state index is 0.0376. The van der Waals surface area contributed by atoms with Crippen molar-refractivity contribution >= 4 is 11.9 Å². The van der Waals surface area contributed by atoms with Gasteiger partial charge in [0.2, 0.25) is 5.95 Å². The zero-order chi connectivity index (χ0) is 18.4. The maximum Gasteiger partial charge on any atom is 0.252 e. The molecule has 1 unspecified atom stereocenters. The summed E-state index contributed by atoms with van der Waals surface area (Å²) in [5, 5.41) is 13.0. The predicted octanol–water partition coefficient (Wildman–Crippen LogP) is 1.31. The number of carbonyl (C=O) groups is 1. The molecule has 1 aliphatic rings. The zero-order valence-corrected chi connectivity index (χ0v) is 14.8. The van der Waals surface area contributed by atoms with E-state index in [1.165, 1.54) is 0 Å². The lowest BCUT2D eigenvalue weighted by Gasteiger charge is -2.32. The number of ether oxygens (including phenoxy) is 1. The molecule has 0 aliphatic carbocycles. The number of aryl methyl sites for hydroxylation is 1. The van der Waals surface area contributed by atoms with Crippen molar-refractivity contribution in [3.8, 4) is 5.75 Å². The molecular formula is C19H24N4O3. The van der Waals surface area contributed by atoms with Crippen LogP contribution in [0.3, 0.4) is 0 Å². The van der Waals surface area contributed by atoms with Crippen LogP contribution in [0.2, 0.25) is 0 Å². The first-order valence-electron chi connectivity index (χ1n) is 8.82. The number of nitrogens with zero attached hydrogens (tertiary/aromatic N) is 3. The molecular weight excluding hydrogens is 332 g/mol. The molecule has 7 heteroatoms. The van der Waals surface area contributed by atoms with Crippen LogP contribution in [0.15, 0.2) is 42.7 Å². The minimum Gasteiger partial charge on any atom is -0.490 e. The van der Waals surface area contributed by atoms with Crippen molar-refractivity contribution in [3.05, 3.63) is 48.3 Å². The number of hydrogen-bond donors (Lipinski definition) is 2. The van der Waals surface area contributed by atoms with Crippen molar-refractivity contribution in [2.45, 2.75) is 31.9 Å². The fourth-order valence-electron chi connectivity index (χ4n) is 2.94. The molecule has 1 saturated heterocycles. The van der Waals surface area contributed by atoms with Crippen LogP contribution in [0.1, 0.15) is 18.4 Å². The lowest BCUT2D eigenvalue weighted by atomic mass is 10.1. The van der Waals surface area contributed by atoms with Gasteiger partial charge in [-0.2, -0.15) is 0 Å². The van der Waals surface area contributed by atoms with Crippen molar-refractivity contribution in [2.75, 3.05) is 24.6 Å². The van der Waals surface area contributed by atoms with E-state index in [0.29, 0.717) is 11.7 Å². The van der Waals surface area contributed by atoms with Crippen molar-refractivity contribution in [3.63, 3.8) is 0 Å². The van der Waals surface area contributed by atoms with Gasteiger partial charge in [-0.05, 0) is 37.5 Å². The SMILES string of the molecule is Cc1ccccc1OCC(O)C(=O)NC1CCN(c2ncccn2)CC1. The number of aliphatic hydroxyl groups is 1. The molecule has 7 nitrogen and oxygen atoms in total. The molecule has 1 fully saturated rings. The highest BCUT2D eigenvalue weighted by Crippen LogP contribution is 2.17. The molecule has 3 rings (SSSR count). The number of carbonyl (C=O) groups excluding carboxylic acids is 1. The molecule has 1 amide bonds. The summed E-state index contributed by atoms with van der Waals surface area (Å²) in [5.74, 6) is 0.993. The molecule has 1 atom stereocenters. The first kappa shape index (κ1) is 18.1. The number of nitrogens with one attached hydrogen (secondary N) is 1. The lowest BCUT2D eigenvalue weighted by molar-refractivity contribution is -0.131. The van der Waals surface area contributed by atoms with Gasteiger partial charge in [0.15, 0.2) is 6.10 Å². The largest absolute Gasteiger partial charge is 0.490 e. The zero-order valence-electron chi connectivity index (χ0n) is 14.8. The van der Waals surface area contributed by atoms with Gasteiger partial charge in [0.1, 0.15) is 12.4 Å². The van der Waals surface area contributed by atoms with Crippen LogP contribution in [0.25, 0.3) is 0 Å². The summed E-state index contributed by atoms with van der Waals surface area (Å²) >= 11 is 0. The van der Waals surface area contributed by atoms with E-state index >= 15 is 0 Å². The first-order valence-corrected chi connectivity index (χ1v) is 8.82. The van der Waals surface area contributed by atoms with Gasteiger partial charge in [-0.3, -0.25) is 4.79 Å². The monoisotopic (exact) mass is 356 g/mol. The van der Waals surface area contributed by atoms with E-state index < -0.39 is 12.0 Å². The van der Waals surface area contributed by atoms with Gasteiger partial charge in [0.05, 0.1) is 0 Å². The molecule has 1 aromatic heterocycles. The third kappa shape index (κ3) is 4.70. The van der Waals surface area contributed by atoms with Crippen LogP contribution in [0.5, 0.6) is 5.75 Å². The van der Waals surface area contributed by atoms with E-state index in [0.717, 1.165) is 31.5 Å². The van der Waals surface area contributed by atoms with Crippen LogP contribution < -0.4 is 15.0 Å². The highest BCUT2D eigenvalue weighted by atomic mass is 16.5. The Morgan fingerprint density at radius 2 is 1.96 bits per heavy atom. The van der Waals surface area contributed by atoms with Gasteiger partial charge in [0.25, 0.3) is 5.91 Å². The number of anilines is 1. The standard InChI is InChI=1S/C19H24N4O3/c1-14-5-2-3-6-17(14)26-13-16(24)18(25)22-15-7-11-23(12-8-15)19-20-9-4-10-21-19/h2-6,9-10,15-16,24H,7-8,11-13H2,1H3,(H,22,25). The molecule has 138 valence electrons. The second-order valence-corrected chi connectivity index (χ2v) is 6.41. The number of aromatic nitrogens is 2. The van der Waals surface area contributed by atoms with Crippen molar-refractivity contribution in [1.82, 2.24) is 15.3 Å². The van der Waals surface area contributed by atoms with Crippen LogP contribution in [0.4, 0.5) is 5.95 Å². The molecule has 2 N–H and O–H groups in total. The highest BCUT2D eigenvalue weighted by Gasteiger charge is 2.25. The minimum atomic E-state index is -1.19. The Morgan fingerprint density at radius 3 is 2.65 bits per heavy atom. The maximum atomic E-state index is 12.2. The summed E-state index contributed by atoms with van der Waals surface area (Å²) in [7, 11) is 0. The fraction of sp³-hybridized carbons (Fsp3) is 0.421. The Balaban J connectivity index is 1.43. The fourth-order valence-corrected chi connectivity index (χ4v) is 2.94. The summed E-state index contributed by atoms with van der Waals surface area (Å²) in [4.78, 5) is 22.8. The molecule has 1 aromatic carbocycles. The predicted molar refractivity (Wildman–Crippen MR) is 98.1 cm³/mol. The van der Waals surface area contributed by atoms with Crippen molar-refractivity contribution < 1.29 is 14.6 Å². The smallest absolute Gasteiger partial charge is 0.252 e. The number of benzene rings is 1. The molecule has 0 saturated carbocycles. The third-order valence-electron chi connectivity index (χ3n) is 4.47. The second-order valence-electron chi connectivity index (χ2n) is 6.41. The number of piperidine rings is 1. The lowest BCUT2D eigenvalue weighted by Crippen LogP contribution is -2.49. The molecule has 0 bridgehead atoms. The number of rotatable bonds is 6. The van der Waals surface area contributed by atoms with Gasteiger partial charge in [-0.15, -0.1) is 0 Å². The second kappa shape index (κ2) is 8.62. The molecule has 2 aromatic rings. The van der Waals surface area contributed by atoms with E-state index in [1.807, 2.05) is 31.2 Å². The van der Waals surface area contributed by atoms with Crippen LogP contribution in [0, 0.1) is 6.92 Å². The van der Waals surface area contributed by atoms with Gasteiger partial charge in [0, 0.05) is 31.5 Å². The topological polar surface area (TPSA) is 87.6 Å². The van der Waals surface area contributed by atoms with Crippen LogP contribution in [-0.2, 0) is 4.79 Å². The molecule has 0 radical (unpaired) electrons. The van der Waals surface area contributed by atoms with Crippen LogP contribution >= 0.6 is 0 Å². The van der Waals surface area contributed by atoms with Crippen molar-refractivity contribution in [1.29, 1.82) is 0 Å². The molecule has 1 aliphatic heterocycles. The summed E-state index contributed by atoms with van der Waals surface area (Å²) in [6.07, 6.45) is 3.83.